The van der Waals surface area contributed by atoms with Gasteiger partial charge in [0.2, 0.25) is 0 Å². The van der Waals surface area contributed by atoms with E-state index < -0.39 is 0 Å². The first-order valence-electron chi connectivity index (χ1n) is 8.96. The van der Waals surface area contributed by atoms with Gasteiger partial charge in [0, 0.05) is 12.6 Å². The largest absolute Gasteiger partial charge is 0.508 e. The topological polar surface area (TPSA) is 49.8 Å². The van der Waals surface area contributed by atoms with E-state index in [2.05, 4.69) is 6.92 Å². The Hall–Kier alpha value is -2.49. The monoisotopic (exact) mass is 339 g/mol. The number of fused-ring (bicyclic) bond motifs is 1. The molecule has 1 N–H and O–H groups in total. The number of ether oxygens (including phenoxy) is 1. The smallest absolute Gasteiger partial charge is 0.410 e. The molecule has 0 saturated heterocycles. The van der Waals surface area contributed by atoms with Gasteiger partial charge in [-0.1, -0.05) is 49.4 Å². The number of amides is 1. The van der Waals surface area contributed by atoms with E-state index in [1.54, 1.807) is 6.07 Å². The molecule has 3 rings (SSSR count). The molecular formula is C21H25NO3. The molecule has 25 heavy (non-hydrogen) atoms. The van der Waals surface area contributed by atoms with Gasteiger partial charge in [0.15, 0.2) is 0 Å². The summed E-state index contributed by atoms with van der Waals surface area (Å²) >= 11 is 0. The SMILES string of the molecule is CCCN(C(=O)OCc1ccccc1)[C@H]1CCc2c(O)cccc2C1. The van der Waals surface area contributed by atoms with Crippen molar-refractivity contribution in [3.63, 3.8) is 0 Å². The summed E-state index contributed by atoms with van der Waals surface area (Å²) in [6.45, 7) is 3.05. The highest BCUT2D eigenvalue weighted by Crippen LogP contribution is 2.31. The molecule has 0 radical (unpaired) electrons. The van der Waals surface area contributed by atoms with Crippen LogP contribution in [0.5, 0.6) is 5.75 Å². The van der Waals surface area contributed by atoms with E-state index in [9.17, 15) is 9.90 Å². The number of carbonyl (C=O) groups is 1. The molecule has 0 bridgehead atoms. The second-order valence-electron chi connectivity index (χ2n) is 6.55. The van der Waals surface area contributed by atoms with Crippen LogP contribution in [-0.4, -0.2) is 28.7 Å². The van der Waals surface area contributed by atoms with Crippen LogP contribution in [-0.2, 0) is 24.2 Å². The number of aromatic hydroxyl groups is 1. The number of hydrogen-bond donors (Lipinski definition) is 1. The molecule has 0 unspecified atom stereocenters. The fraction of sp³-hybridized carbons (Fsp3) is 0.381. The van der Waals surface area contributed by atoms with Crippen molar-refractivity contribution < 1.29 is 14.6 Å². The molecule has 0 aromatic heterocycles. The zero-order chi connectivity index (χ0) is 17.6. The molecule has 2 aromatic carbocycles. The molecule has 132 valence electrons. The molecule has 1 aliphatic carbocycles. The van der Waals surface area contributed by atoms with E-state index in [0.717, 1.165) is 42.4 Å². The summed E-state index contributed by atoms with van der Waals surface area (Å²) in [6.07, 6.45) is 3.05. The average molecular weight is 339 g/mol. The Morgan fingerprint density at radius 2 is 2.00 bits per heavy atom. The molecule has 1 atom stereocenters. The summed E-state index contributed by atoms with van der Waals surface area (Å²) in [5, 5.41) is 10.00. The van der Waals surface area contributed by atoms with Crippen LogP contribution in [0, 0.1) is 0 Å². The van der Waals surface area contributed by atoms with Crippen molar-refractivity contribution in [3.05, 3.63) is 65.2 Å². The first-order valence-corrected chi connectivity index (χ1v) is 8.96. The molecule has 4 nitrogen and oxygen atoms in total. The van der Waals surface area contributed by atoms with Gasteiger partial charge in [0.05, 0.1) is 0 Å². The summed E-state index contributed by atoms with van der Waals surface area (Å²) in [4.78, 5) is 14.5. The first kappa shape index (κ1) is 17.3. The van der Waals surface area contributed by atoms with E-state index in [1.165, 1.54) is 0 Å². The Kier molecular flexibility index (Phi) is 5.59. The van der Waals surface area contributed by atoms with Gasteiger partial charge in [-0.05, 0) is 48.4 Å². The highest BCUT2D eigenvalue weighted by atomic mass is 16.6. The predicted molar refractivity (Wildman–Crippen MR) is 97.5 cm³/mol. The van der Waals surface area contributed by atoms with E-state index in [0.29, 0.717) is 18.9 Å². The number of hydrogen-bond acceptors (Lipinski definition) is 3. The third kappa shape index (κ3) is 4.13. The van der Waals surface area contributed by atoms with Gasteiger partial charge in [-0.3, -0.25) is 0 Å². The summed E-state index contributed by atoms with van der Waals surface area (Å²) in [5.74, 6) is 0.365. The van der Waals surface area contributed by atoms with E-state index in [4.69, 9.17) is 4.74 Å². The summed E-state index contributed by atoms with van der Waals surface area (Å²) in [6, 6.07) is 15.5. The van der Waals surface area contributed by atoms with Gasteiger partial charge in [-0.15, -0.1) is 0 Å². The molecule has 0 aliphatic heterocycles. The lowest BCUT2D eigenvalue weighted by Crippen LogP contribution is -2.44. The second-order valence-corrected chi connectivity index (χ2v) is 6.55. The molecule has 0 fully saturated rings. The maximum Gasteiger partial charge on any atom is 0.410 e. The summed E-state index contributed by atoms with van der Waals surface area (Å²) < 4.78 is 5.55. The van der Waals surface area contributed by atoms with Crippen molar-refractivity contribution >= 4 is 6.09 Å². The quantitative estimate of drug-likeness (QED) is 0.883. The van der Waals surface area contributed by atoms with Crippen LogP contribution in [0.1, 0.15) is 36.5 Å². The minimum atomic E-state index is -0.251. The Bertz CT molecular complexity index is 714. The number of benzene rings is 2. The van der Waals surface area contributed by atoms with Crippen LogP contribution in [0.15, 0.2) is 48.5 Å². The molecule has 0 heterocycles. The third-order valence-corrected chi connectivity index (χ3v) is 4.78. The maximum absolute atomic E-state index is 12.6. The molecule has 1 aliphatic rings. The van der Waals surface area contributed by atoms with Gasteiger partial charge in [-0.25, -0.2) is 4.79 Å². The first-order chi connectivity index (χ1) is 12.2. The minimum absolute atomic E-state index is 0.123. The number of phenols is 1. The summed E-state index contributed by atoms with van der Waals surface area (Å²) in [5.41, 5.74) is 3.15. The van der Waals surface area contributed by atoms with Crippen LogP contribution in [0.2, 0.25) is 0 Å². The third-order valence-electron chi connectivity index (χ3n) is 4.78. The van der Waals surface area contributed by atoms with Gasteiger partial charge in [0.25, 0.3) is 0 Å². The minimum Gasteiger partial charge on any atom is -0.508 e. The fourth-order valence-corrected chi connectivity index (χ4v) is 3.50. The Morgan fingerprint density at radius 1 is 1.20 bits per heavy atom. The van der Waals surface area contributed by atoms with Crippen molar-refractivity contribution in [3.8, 4) is 5.75 Å². The molecule has 2 aromatic rings. The molecule has 4 heteroatoms. The van der Waals surface area contributed by atoms with Crippen LogP contribution in [0.4, 0.5) is 4.79 Å². The van der Waals surface area contributed by atoms with E-state index >= 15 is 0 Å². The van der Waals surface area contributed by atoms with Crippen molar-refractivity contribution in [2.45, 2.75) is 45.3 Å². The average Bonchev–Trinajstić information content (AvgIpc) is 2.65. The van der Waals surface area contributed by atoms with Gasteiger partial charge >= 0.3 is 6.09 Å². The predicted octanol–water partition coefficient (Wildman–Crippen LogP) is 4.30. The van der Waals surface area contributed by atoms with Crippen LogP contribution < -0.4 is 0 Å². The van der Waals surface area contributed by atoms with Crippen molar-refractivity contribution in [2.75, 3.05) is 6.54 Å². The number of phenolic OH excluding ortho intramolecular Hbond substituents is 1. The molecule has 0 spiro atoms. The van der Waals surface area contributed by atoms with Crippen LogP contribution in [0.3, 0.4) is 0 Å². The zero-order valence-corrected chi connectivity index (χ0v) is 14.6. The van der Waals surface area contributed by atoms with Gasteiger partial charge in [0.1, 0.15) is 12.4 Å². The highest BCUT2D eigenvalue weighted by Gasteiger charge is 2.29. The fourth-order valence-electron chi connectivity index (χ4n) is 3.50. The lowest BCUT2D eigenvalue weighted by Gasteiger charge is -2.34. The normalized spacial score (nSPS) is 16.1. The lowest BCUT2D eigenvalue weighted by atomic mass is 9.87. The second kappa shape index (κ2) is 8.06. The Labute approximate surface area is 149 Å². The van der Waals surface area contributed by atoms with Crippen molar-refractivity contribution in [1.82, 2.24) is 4.90 Å². The standard InChI is InChI=1S/C21H25NO3/c1-2-13-22(21(24)25-15-16-7-4-3-5-8-16)18-11-12-19-17(14-18)9-6-10-20(19)23/h3-10,18,23H,2,11-15H2,1H3/t18-/m0/s1. The van der Waals surface area contributed by atoms with Gasteiger partial charge < -0.3 is 14.7 Å². The lowest BCUT2D eigenvalue weighted by molar-refractivity contribution is 0.0770. The Balaban J connectivity index is 1.67. The molecule has 0 saturated carbocycles. The van der Waals surface area contributed by atoms with Crippen molar-refractivity contribution in [1.29, 1.82) is 0 Å². The van der Waals surface area contributed by atoms with E-state index in [-0.39, 0.29) is 12.1 Å². The Morgan fingerprint density at radius 3 is 2.76 bits per heavy atom. The molecular weight excluding hydrogens is 314 g/mol. The maximum atomic E-state index is 12.6. The zero-order valence-electron chi connectivity index (χ0n) is 14.6. The van der Waals surface area contributed by atoms with E-state index in [1.807, 2.05) is 47.4 Å². The number of carbonyl (C=O) groups excluding carboxylic acids is 1. The van der Waals surface area contributed by atoms with Crippen LogP contribution >= 0.6 is 0 Å². The van der Waals surface area contributed by atoms with Crippen LogP contribution in [0.25, 0.3) is 0 Å². The highest BCUT2D eigenvalue weighted by molar-refractivity contribution is 5.68. The number of nitrogens with zero attached hydrogens (tertiary/aromatic N) is 1. The van der Waals surface area contributed by atoms with Gasteiger partial charge in [-0.2, -0.15) is 0 Å². The number of rotatable bonds is 5. The summed E-state index contributed by atoms with van der Waals surface area (Å²) in [7, 11) is 0. The van der Waals surface area contributed by atoms with Crippen molar-refractivity contribution in [2.24, 2.45) is 0 Å². The molecule has 1 amide bonds.